The summed E-state index contributed by atoms with van der Waals surface area (Å²) < 4.78 is 0. The molecule has 0 saturated carbocycles. The van der Waals surface area contributed by atoms with Crippen LogP contribution >= 0.6 is 0 Å². The maximum absolute atomic E-state index is 10.4. The molecule has 5 heteroatoms. The van der Waals surface area contributed by atoms with Crippen molar-refractivity contribution >= 4 is 11.7 Å². The summed E-state index contributed by atoms with van der Waals surface area (Å²) in [5.41, 5.74) is 1.38. The van der Waals surface area contributed by atoms with Crippen LogP contribution in [0.15, 0.2) is 24.3 Å². The minimum absolute atomic E-state index is 0.479. The summed E-state index contributed by atoms with van der Waals surface area (Å²) in [5.74, 6) is -1.14. The van der Waals surface area contributed by atoms with Gasteiger partial charge in [0.15, 0.2) is 0 Å². The summed E-state index contributed by atoms with van der Waals surface area (Å²) in [7, 11) is 3.72. The first-order valence-corrected chi connectivity index (χ1v) is 5.27. The van der Waals surface area contributed by atoms with Crippen molar-refractivity contribution in [3.8, 4) is 0 Å². The Balaban J connectivity index is 2.84. The number of anilines is 1. The lowest BCUT2D eigenvalue weighted by Gasteiger charge is -2.19. The van der Waals surface area contributed by atoms with Gasteiger partial charge < -0.3 is 20.2 Å². The summed E-state index contributed by atoms with van der Waals surface area (Å²) in [4.78, 5) is 12.3. The normalized spacial score (nSPS) is 14.1. The number of carbonyl (C=O) groups is 1. The predicted molar refractivity (Wildman–Crippen MR) is 64.0 cm³/mol. The first-order chi connectivity index (χ1) is 7.91. The van der Waals surface area contributed by atoms with Crippen molar-refractivity contribution in [2.75, 3.05) is 19.0 Å². The van der Waals surface area contributed by atoms with E-state index in [9.17, 15) is 15.0 Å². The molecule has 0 saturated heterocycles. The minimum Gasteiger partial charge on any atom is -0.481 e. The number of aliphatic hydroxyl groups excluding tert-OH is 2. The quantitative estimate of drug-likeness (QED) is 0.702. The van der Waals surface area contributed by atoms with Crippen molar-refractivity contribution in [1.29, 1.82) is 0 Å². The van der Waals surface area contributed by atoms with Crippen LogP contribution < -0.4 is 4.90 Å². The van der Waals surface area contributed by atoms with E-state index in [1.807, 2.05) is 25.1 Å². The highest BCUT2D eigenvalue weighted by molar-refractivity contribution is 5.67. The van der Waals surface area contributed by atoms with Gasteiger partial charge in [0.05, 0.1) is 12.5 Å². The van der Waals surface area contributed by atoms with Crippen LogP contribution in [0.4, 0.5) is 5.69 Å². The third-order valence-corrected chi connectivity index (χ3v) is 2.48. The van der Waals surface area contributed by atoms with E-state index in [4.69, 9.17) is 5.11 Å². The van der Waals surface area contributed by atoms with E-state index >= 15 is 0 Å². The molecule has 0 heterocycles. The third-order valence-electron chi connectivity index (χ3n) is 2.48. The number of carboxylic acids is 1. The molecule has 0 aromatic heterocycles. The highest BCUT2D eigenvalue weighted by Crippen LogP contribution is 2.23. The smallest absolute Gasteiger partial charge is 0.306 e. The molecule has 0 spiro atoms. The van der Waals surface area contributed by atoms with Gasteiger partial charge in [-0.15, -0.1) is 0 Å². The standard InChI is InChI=1S/C12H17NO4/c1-13(2)9-5-3-4-8(6-9)12(17)10(14)7-11(15)16/h3-6,10,12,14,17H,7H2,1-2H3,(H,15,16). The summed E-state index contributed by atoms with van der Waals surface area (Å²) in [6, 6.07) is 6.99. The fraction of sp³-hybridized carbons (Fsp3) is 0.417. The third kappa shape index (κ3) is 3.72. The topological polar surface area (TPSA) is 81.0 Å². The Morgan fingerprint density at radius 2 is 2.00 bits per heavy atom. The average molecular weight is 239 g/mol. The van der Waals surface area contributed by atoms with Gasteiger partial charge >= 0.3 is 5.97 Å². The van der Waals surface area contributed by atoms with Gasteiger partial charge in [0, 0.05) is 19.8 Å². The van der Waals surface area contributed by atoms with Crippen molar-refractivity contribution in [1.82, 2.24) is 0 Å². The number of benzene rings is 1. The van der Waals surface area contributed by atoms with Gasteiger partial charge in [-0.05, 0) is 17.7 Å². The number of aliphatic carboxylic acids is 1. The lowest BCUT2D eigenvalue weighted by Crippen LogP contribution is -2.22. The number of hydrogen-bond acceptors (Lipinski definition) is 4. The van der Waals surface area contributed by atoms with E-state index in [-0.39, 0.29) is 0 Å². The lowest BCUT2D eigenvalue weighted by molar-refractivity contribution is -0.141. The monoisotopic (exact) mass is 239 g/mol. The van der Waals surface area contributed by atoms with Crippen LogP contribution in [0.3, 0.4) is 0 Å². The van der Waals surface area contributed by atoms with Gasteiger partial charge in [-0.3, -0.25) is 4.79 Å². The highest BCUT2D eigenvalue weighted by Gasteiger charge is 2.21. The van der Waals surface area contributed by atoms with E-state index in [1.54, 1.807) is 18.2 Å². The Bertz CT molecular complexity index is 392. The van der Waals surface area contributed by atoms with Crippen LogP contribution in [-0.4, -0.2) is 41.5 Å². The first-order valence-electron chi connectivity index (χ1n) is 5.27. The lowest BCUT2D eigenvalue weighted by atomic mass is 10.0. The summed E-state index contributed by atoms with van der Waals surface area (Å²) in [6.07, 6.45) is -2.97. The summed E-state index contributed by atoms with van der Waals surface area (Å²) in [6.45, 7) is 0. The second kappa shape index (κ2) is 5.65. The van der Waals surface area contributed by atoms with Crippen molar-refractivity contribution in [3.05, 3.63) is 29.8 Å². The van der Waals surface area contributed by atoms with E-state index in [2.05, 4.69) is 0 Å². The SMILES string of the molecule is CN(C)c1cccc(C(O)C(O)CC(=O)O)c1. The Morgan fingerprint density at radius 1 is 1.35 bits per heavy atom. The van der Waals surface area contributed by atoms with Crippen LogP contribution in [0.1, 0.15) is 18.1 Å². The maximum atomic E-state index is 10.4. The average Bonchev–Trinajstić information content (AvgIpc) is 2.27. The molecule has 0 aliphatic rings. The van der Waals surface area contributed by atoms with Crippen LogP contribution in [0.5, 0.6) is 0 Å². The fourth-order valence-corrected chi connectivity index (χ4v) is 1.50. The molecule has 1 rings (SSSR count). The fourth-order valence-electron chi connectivity index (χ4n) is 1.50. The molecule has 0 aliphatic carbocycles. The van der Waals surface area contributed by atoms with E-state index in [0.717, 1.165) is 5.69 Å². The van der Waals surface area contributed by atoms with Crippen LogP contribution in [0, 0.1) is 0 Å². The Morgan fingerprint density at radius 3 is 2.53 bits per heavy atom. The molecule has 0 amide bonds. The predicted octanol–water partition coefficient (Wildman–Crippen LogP) is 0.622. The maximum Gasteiger partial charge on any atom is 0.306 e. The molecule has 0 aliphatic heterocycles. The molecular weight excluding hydrogens is 222 g/mol. The van der Waals surface area contributed by atoms with Gasteiger partial charge in [-0.25, -0.2) is 0 Å². The number of rotatable bonds is 5. The largest absolute Gasteiger partial charge is 0.481 e. The van der Waals surface area contributed by atoms with Crippen LogP contribution in [0.25, 0.3) is 0 Å². The number of carboxylic acid groups (broad SMARTS) is 1. The van der Waals surface area contributed by atoms with Gasteiger partial charge in [-0.1, -0.05) is 12.1 Å². The molecule has 2 atom stereocenters. The van der Waals surface area contributed by atoms with Gasteiger partial charge in [0.25, 0.3) is 0 Å². The first kappa shape index (κ1) is 13.5. The molecule has 94 valence electrons. The zero-order valence-corrected chi connectivity index (χ0v) is 9.87. The molecule has 0 fully saturated rings. The molecule has 1 aromatic rings. The van der Waals surface area contributed by atoms with Crippen molar-refractivity contribution in [2.24, 2.45) is 0 Å². The number of hydrogen-bond donors (Lipinski definition) is 3. The summed E-state index contributed by atoms with van der Waals surface area (Å²) in [5, 5.41) is 27.9. The molecule has 3 N–H and O–H groups in total. The van der Waals surface area contributed by atoms with Crippen molar-refractivity contribution in [2.45, 2.75) is 18.6 Å². The van der Waals surface area contributed by atoms with Crippen molar-refractivity contribution in [3.63, 3.8) is 0 Å². The second-order valence-electron chi connectivity index (χ2n) is 4.10. The Kier molecular flexibility index (Phi) is 4.48. The van der Waals surface area contributed by atoms with E-state index in [1.165, 1.54) is 0 Å². The second-order valence-corrected chi connectivity index (χ2v) is 4.10. The molecule has 17 heavy (non-hydrogen) atoms. The zero-order valence-electron chi connectivity index (χ0n) is 9.87. The minimum atomic E-state index is -1.30. The zero-order chi connectivity index (χ0) is 13.0. The van der Waals surface area contributed by atoms with Crippen molar-refractivity contribution < 1.29 is 20.1 Å². The van der Waals surface area contributed by atoms with Crippen LogP contribution in [-0.2, 0) is 4.79 Å². The van der Waals surface area contributed by atoms with Gasteiger partial charge in [-0.2, -0.15) is 0 Å². The van der Waals surface area contributed by atoms with Crippen LogP contribution in [0.2, 0.25) is 0 Å². The Hall–Kier alpha value is -1.59. The molecular formula is C12H17NO4. The van der Waals surface area contributed by atoms with E-state index < -0.39 is 24.6 Å². The Labute approximate surface area is 99.9 Å². The molecule has 2 unspecified atom stereocenters. The molecule has 5 nitrogen and oxygen atoms in total. The van der Waals surface area contributed by atoms with Gasteiger partial charge in [0.1, 0.15) is 6.10 Å². The summed E-state index contributed by atoms with van der Waals surface area (Å²) >= 11 is 0. The van der Waals surface area contributed by atoms with Gasteiger partial charge in [0.2, 0.25) is 0 Å². The number of aliphatic hydroxyl groups is 2. The molecule has 0 bridgehead atoms. The highest BCUT2D eigenvalue weighted by atomic mass is 16.4. The number of nitrogens with zero attached hydrogens (tertiary/aromatic N) is 1. The van der Waals surface area contributed by atoms with E-state index in [0.29, 0.717) is 5.56 Å². The molecule has 1 aromatic carbocycles. The molecule has 0 radical (unpaired) electrons.